The summed E-state index contributed by atoms with van der Waals surface area (Å²) in [7, 11) is 0. The molecule has 0 fully saturated rings. The van der Waals surface area contributed by atoms with Gasteiger partial charge in [-0.25, -0.2) is 13.8 Å². The van der Waals surface area contributed by atoms with Crippen LogP contribution >= 0.6 is 15.9 Å². The molecule has 1 aromatic rings. The Morgan fingerprint density at radius 2 is 2.20 bits per heavy atom. The van der Waals surface area contributed by atoms with Gasteiger partial charge in [-0.05, 0) is 0 Å². The van der Waals surface area contributed by atoms with E-state index in [2.05, 4.69) is 20.9 Å². The zero-order valence-corrected chi connectivity index (χ0v) is 8.67. The third-order valence-electron chi connectivity index (χ3n) is 1.55. The third kappa shape index (κ3) is 2.44. The first-order valence-electron chi connectivity index (χ1n) is 3.65. The van der Waals surface area contributed by atoms with Crippen LogP contribution < -0.4 is 0 Å². The number of pyridine rings is 1. The maximum Gasteiger partial charge on any atom is 0.331 e. The number of hydrogen-bond acceptors (Lipinski definition) is 3. The van der Waals surface area contributed by atoms with E-state index in [-0.39, 0.29) is 11.0 Å². The molecule has 8 heteroatoms. The Bertz CT molecular complexity index is 400. The molecule has 0 radical (unpaired) electrons. The second-order valence-corrected chi connectivity index (χ2v) is 3.08. The molecule has 0 saturated heterocycles. The van der Waals surface area contributed by atoms with E-state index in [1.54, 1.807) is 0 Å². The van der Waals surface area contributed by atoms with E-state index >= 15 is 0 Å². The van der Waals surface area contributed by atoms with Gasteiger partial charge in [0.25, 0.3) is 6.43 Å². The van der Waals surface area contributed by atoms with Gasteiger partial charge in [0.2, 0.25) is 5.82 Å². The van der Waals surface area contributed by atoms with Gasteiger partial charge in [-0.3, -0.25) is 10.1 Å². The molecule has 0 aliphatic heterocycles. The molecule has 1 aromatic heterocycles. The fourth-order valence-electron chi connectivity index (χ4n) is 0.978. The number of nitrogens with zero attached hydrogens (tertiary/aromatic N) is 2. The average Bonchev–Trinajstić information content (AvgIpc) is 2.15. The molecule has 0 atom stereocenters. The fraction of sp³-hybridized carbons (Fsp3) is 0.286. The molecule has 0 aliphatic rings. The van der Waals surface area contributed by atoms with Gasteiger partial charge < -0.3 is 0 Å². The Labute approximate surface area is 90.4 Å². The molecule has 0 amide bonds. The van der Waals surface area contributed by atoms with Crippen molar-refractivity contribution in [2.24, 2.45) is 0 Å². The summed E-state index contributed by atoms with van der Waals surface area (Å²) in [6.07, 6.45) is -3.18. The molecular weight excluding hydrogens is 281 g/mol. The number of halogens is 4. The van der Waals surface area contributed by atoms with E-state index in [4.69, 9.17) is 0 Å². The second-order valence-electron chi connectivity index (χ2n) is 2.52. The molecule has 4 nitrogen and oxygen atoms in total. The van der Waals surface area contributed by atoms with Crippen molar-refractivity contribution in [3.63, 3.8) is 0 Å². The van der Waals surface area contributed by atoms with E-state index < -0.39 is 28.5 Å². The second kappa shape index (κ2) is 4.56. The largest absolute Gasteiger partial charge is 0.331 e. The third-order valence-corrected chi connectivity index (χ3v) is 2.13. The smallest absolute Gasteiger partial charge is 0.258 e. The van der Waals surface area contributed by atoms with Gasteiger partial charge in [0.05, 0.1) is 10.6 Å². The lowest BCUT2D eigenvalue weighted by molar-refractivity contribution is -0.389. The topological polar surface area (TPSA) is 56.0 Å². The molecule has 0 N–H and O–H groups in total. The van der Waals surface area contributed by atoms with Gasteiger partial charge in [-0.2, -0.15) is 4.39 Å². The van der Waals surface area contributed by atoms with Gasteiger partial charge in [0, 0.05) is 11.4 Å². The van der Waals surface area contributed by atoms with Crippen molar-refractivity contribution in [1.29, 1.82) is 0 Å². The summed E-state index contributed by atoms with van der Waals surface area (Å²) in [5.41, 5.74) is -2.43. The summed E-state index contributed by atoms with van der Waals surface area (Å²) in [6, 6.07) is 0.749. The first kappa shape index (κ1) is 11.9. The fourth-order valence-corrected chi connectivity index (χ4v) is 1.27. The number of rotatable bonds is 3. The maximum atomic E-state index is 13.1. The quantitative estimate of drug-likeness (QED) is 0.487. The average molecular weight is 285 g/mol. The maximum absolute atomic E-state index is 13.1. The van der Waals surface area contributed by atoms with E-state index in [1.807, 2.05) is 0 Å². The zero-order valence-electron chi connectivity index (χ0n) is 7.08. The Morgan fingerprint density at radius 1 is 1.60 bits per heavy atom. The summed E-state index contributed by atoms with van der Waals surface area (Å²) in [5.74, 6) is -1.31. The summed E-state index contributed by atoms with van der Waals surface area (Å²) in [5, 5.41) is 10.4. The lowest BCUT2D eigenvalue weighted by Gasteiger charge is -2.03. The molecule has 82 valence electrons. The Hall–Kier alpha value is -1.18. The molecule has 15 heavy (non-hydrogen) atoms. The molecule has 0 spiro atoms. The van der Waals surface area contributed by atoms with Gasteiger partial charge in [-0.1, -0.05) is 15.9 Å². The summed E-state index contributed by atoms with van der Waals surface area (Å²) in [4.78, 5) is 12.4. The summed E-state index contributed by atoms with van der Waals surface area (Å²) in [6.45, 7) is 0. The highest BCUT2D eigenvalue weighted by Gasteiger charge is 2.28. The molecule has 0 unspecified atom stereocenters. The van der Waals surface area contributed by atoms with Gasteiger partial charge in [0.15, 0.2) is 5.69 Å². The summed E-state index contributed by atoms with van der Waals surface area (Å²) < 4.78 is 37.7. The van der Waals surface area contributed by atoms with Crippen LogP contribution in [0.2, 0.25) is 0 Å². The van der Waals surface area contributed by atoms with Gasteiger partial charge in [0.1, 0.15) is 0 Å². The van der Waals surface area contributed by atoms with E-state index in [0.717, 1.165) is 6.07 Å². The Kier molecular flexibility index (Phi) is 3.61. The predicted molar refractivity (Wildman–Crippen MR) is 48.4 cm³/mol. The monoisotopic (exact) mass is 284 g/mol. The van der Waals surface area contributed by atoms with Crippen molar-refractivity contribution in [2.45, 2.75) is 11.8 Å². The van der Waals surface area contributed by atoms with Crippen molar-refractivity contribution in [3.8, 4) is 0 Å². The molecular formula is C7H4BrF3N2O2. The van der Waals surface area contributed by atoms with E-state index in [0.29, 0.717) is 0 Å². The SMILES string of the molecule is O=[N+]([O-])c1c(F)cc(CBr)nc1C(F)F. The number of aromatic nitrogens is 1. The molecule has 1 heterocycles. The van der Waals surface area contributed by atoms with Crippen LogP contribution in [0.15, 0.2) is 6.07 Å². The number of alkyl halides is 3. The van der Waals surface area contributed by atoms with Crippen LogP contribution in [-0.2, 0) is 5.33 Å². The van der Waals surface area contributed by atoms with Crippen LogP contribution in [0.25, 0.3) is 0 Å². The standard InChI is InChI=1S/C7H4BrF3N2O2/c8-2-3-1-4(9)6(13(14)15)5(12-3)7(10)11/h1,7H,2H2. The van der Waals surface area contributed by atoms with Gasteiger partial charge in [-0.15, -0.1) is 0 Å². The first-order chi connectivity index (χ1) is 6.97. The van der Waals surface area contributed by atoms with E-state index in [9.17, 15) is 23.3 Å². The molecule has 0 aliphatic carbocycles. The van der Waals surface area contributed by atoms with Crippen molar-refractivity contribution in [2.75, 3.05) is 0 Å². The minimum absolute atomic E-state index is 0.0200. The highest BCUT2D eigenvalue weighted by molar-refractivity contribution is 9.08. The number of hydrogen-bond donors (Lipinski definition) is 0. The highest BCUT2D eigenvalue weighted by Crippen LogP contribution is 2.30. The summed E-state index contributed by atoms with van der Waals surface area (Å²) >= 11 is 2.89. The predicted octanol–water partition coefficient (Wildman–Crippen LogP) is 2.96. The number of nitro groups is 1. The van der Waals surface area contributed by atoms with Crippen LogP contribution in [0.4, 0.5) is 18.9 Å². The minimum Gasteiger partial charge on any atom is -0.258 e. The Balaban J connectivity index is 3.42. The van der Waals surface area contributed by atoms with Crippen molar-refractivity contribution < 1.29 is 18.1 Å². The minimum atomic E-state index is -3.18. The van der Waals surface area contributed by atoms with Crippen molar-refractivity contribution in [1.82, 2.24) is 4.98 Å². The van der Waals surface area contributed by atoms with Crippen molar-refractivity contribution >= 4 is 21.6 Å². The lowest BCUT2D eigenvalue weighted by atomic mass is 10.2. The van der Waals surface area contributed by atoms with Crippen LogP contribution in [-0.4, -0.2) is 9.91 Å². The van der Waals surface area contributed by atoms with E-state index in [1.165, 1.54) is 0 Å². The van der Waals surface area contributed by atoms with Crippen molar-refractivity contribution in [3.05, 3.63) is 33.4 Å². The first-order valence-corrected chi connectivity index (χ1v) is 4.77. The van der Waals surface area contributed by atoms with Crippen LogP contribution in [0.3, 0.4) is 0 Å². The van der Waals surface area contributed by atoms with Gasteiger partial charge >= 0.3 is 5.69 Å². The molecule has 0 saturated carbocycles. The van der Waals surface area contributed by atoms with Crippen LogP contribution in [0, 0.1) is 15.9 Å². The van der Waals surface area contributed by atoms with Crippen LogP contribution in [0.5, 0.6) is 0 Å². The molecule has 0 bridgehead atoms. The lowest BCUT2D eigenvalue weighted by Crippen LogP contribution is -2.04. The Morgan fingerprint density at radius 3 is 2.60 bits per heavy atom. The highest BCUT2D eigenvalue weighted by atomic mass is 79.9. The zero-order chi connectivity index (χ0) is 11.6. The molecule has 1 rings (SSSR count). The molecule has 0 aromatic carbocycles. The van der Waals surface area contributed by atoms with Crippen LogP contribution in [0.1, 0.15) is 17.8 Å². The normalized spacial score (nSPS) is 10.7.